The standard InChI is InChI=1S/C10H18N6O2S/c1-4-16-9-8(7(2)14-16)13-10(11)15(9)6-5-12-19(3,17)18/h12H,4-6H2,1-3H3,(H2,11,13). The molecule has 3 N–H and O–H groups in total. The number of hydrogen-bond acceptors (Lipinski definition) is 5. The molecule has 0 aliphatic rings. The highest BCUT2D eigenvalue weighted by Gasteiger charge is 2.16. The molecule has 2 aromatic rings. The molecule has 0 saturated heterocycles. The van der Waals surface area contributed by atoms with Crippen molar-refractivity contribution in [3.8, 4) is 0 Å². The molecule has 0 fully saturated rings. The van der Waals surface area contributed by atoms with E-state index < -0.39 is 10.0 Å². The number of imidazole rings is 1. The number of nitrogen functional groups attached to an aromatic ring is 1. The Balaban J connectivity index is 2.34. The highest BCUT2D eigenvalue weighted by atomic mass is 32.2. The van der Waals surface area contributed by atoms with Gasteiger partial charge < -0.3 is 5.73 Å². The largest absolute Gasteiger partial charge is 0.369 e. The lowest BCUT2D eigenvalue weighted by molar-refractivity contribution is 0.577. The first kappa shape index (κ1) is 13.8. The average Bonchev–Trinajstić information content (AvgIpc) is 2.77. The summed E-state index contributed by atoms with van der Waals surface area (Å²) in [7, 11) is -3.20. The number of fused-ring (bicyclic) bond motifs is 1. The number of nitrogens with two attached hydrogens (primary N) is 1. The molecule has 0 saturated carbocycles. The third kappa shape index (κ3) is 2.71. The minimum absolute atomic E-state index is 0.266. The van der Waals surface area contributed by atoms with E-state index in [1.807, 2.05) is 18.5 Å². The minimum atomic E-state index is -3.20. The molecule has 0 spiro atoms. The lowest BCUT2D eigenvalue weighted by Gasteiger charge is -2.08. The molecule has 0 bridgehead atoms. The van der Waals surface area contributed by atoms with Crippen LogP contribution in [-0.2, 0) is 23.1 Å². The fourth-order valence-electron chi connectivity index (χ4n) is 2.03. The van der Waals surface area contributed by atoms with Gasteiger partial charge in [-0.15, -0.1) is 0 Å². The lowest BCUT2D eigenvalue weighted by Crippen LogP contribution is -2.26. The van der Waals surface area contributed by atoms with Crippen LogP contribution < -0.4 is 10.5 Å². The van der Waals surface area contributed by atoms with Crippen molar-refractivity contribution in [3.05, 3.63) is 5.69 Å². The second kappa shape index (κ2) is 4.82. The van der Waals surface area contributed by atoms with Gasteiger partial charge in [0.05, 0.1) is 11.9 Å². The van der Waals surface area contributed by atoms with Crippen molar-refractivity contribution < 1.29 is 8.42 Å². The summed E-state index contributed by atoms with van der Waals surface area (Å²) in [6.07, 6.45) is 1.13. The molecular weight excluding hydrogens is 268 g/mol. The van der Waals surface area contributed by atoms with E-state index in [0.29, 0.717) is 19.0 Å². The highest BCUT2D eigenvalue weighted by molar-refractivity contribution is 7.88. The Morgan fingerprint density at radius 1 is 1.42 bits per heavy atom. The molecule has 0 aliphatic carbocycles. The van der Waals surface area contributed by atoms with Crippen LogP contribution in [0, 0.1) is 6.92 Å². The maximum absolute atomic E-state index is 11.1. The van der Waals surface area contributed by atoms with E-state index in [4.69, 9.17) is 5.73 Å². The summed E-state index contributed by atoms with van der Waals surface area (Å²) in [5.74, 6) is 0.369. The van der Waals surface area contributed by atoms with Gasteiger partial charge in [-0.25, -0.2) is 22.8 Å². The number of sulfonamides is 1. The zero-order valence-electron chi connectivity index (χ0n) is 11.2. The van der Waals surface area contributed by atoms with Gasteiger partial charge in [-0.2, -0.15) is 5.10 Å². The van der Waals surface area contributed by atoms with E-state index in [1.54, 1.807) is 4.57 Å². The molecule has 8 nitrogen and oxygen atoms in total. The van der Waals surface area contributed by atoms with Crippen molar-refractivity contribution in [2.24, 2.45) is 0 Å². The summed E-state index contributed by atoms with van der Waals surface area (Å²) >= 11 is 0. The van der Waals surface area contributed by atoms with E-state index in [2.05, 4.69) is 14.8 Å². The van der Waals surface area contributed by atoms with Crippen molar-refractivity contribution in [2.45, 2.75) is 26.9 Å². The predicted octanol–water partition coefficient (Wildman–Crippen LogP) is -0.307. The SMILES string of the molecule is CCn1nc(C)c2nc(N)n(CCNS(C)(=O)=O)c21. The fourth-order valence-corrected chi connectivity index (χ4v) is 2.49. The third-order valence-corrected chi connectivity index (χ3v) is 3.56. The quantitative estimate of drug-likeness (QED) is 0.784. The van der Waals surface area contributed by atoms with E-state index in [1.165, 1.54) is 0 Å². The molecule has 0 aliphatic heterocycles. The van der Waals surface area contributed by atoms with E-state index in [0.717, 1.165) is 23.1 Å². The number of rotatable bonds is 5. The van der Waals surface area contributed by atoms with Gasteiger partial charge in [0.2, 0.25) is 16.0 Å². The number of hydrogen-bond donors (Lipinski definition) is 2. The van der Waals surface area contributed by atoms with Crippen LogP contribution in [0.5, 0.6) is 0 Å². The van der Waals surface area contributed by atoms with Crippen LogP contribution in [0.4, 0.5) is 5.95 Å². The molecule has 106 valence electrons. The summed E-state index contributed by atoms with van der Waals surface area (Å²) in [5.41, 5.74) is 8.28. The van der Waals surface area contributed by atoms with Crippen LogP contribution in [0.25, 0.3) is 11.2 Å². The summed E-state index contributed by atoms with van der Waals surface area (Å²) in [6, 6.07) is 0. The van der Waals surface area contributed by atoms with E-state index in [9.17, 15) is 8.42 Å². The average molecular weight is 286 g/mol. The van der Waals surface area contributed by atoms with Crippen molar-refractivity contribution in [2.75, 3.05) is 18.5 Å². The van der Waals surface area contributed by atoms with Crippen molar-refractivity contribution in [1.82, 2.24) is 24.1 Å². The minimum Gasteiger partial charge on any atom is -0.369 e. The summed E-state index contributed by atoms with van der Waals surface area (Å²) < 4.78 is 28.1. The normalized spacial score (nSPS) is 12.4. The van der Waals surface area contributed by atoms with Gasteiger partial charge >= 0.3 is 0 Å². The van der Waals surface area contributed by atoms with Crippen molar-refractivity contribution in [3.63, 3.8) is 0 Å². The molecule has 0 amide bonds. The Bertz CT molecular complexity index is 699. The predicted molar refractivity (Wildman–Crippen MR) is 73.2 cm³/mol. The second-order valence-electron chi connectivity index (χ2n) is 4.36. The molecule has 0 aromatic carbocycles. The molecule has 9 heteroatoms. The Labute approximate surface area is 111 Å². The molecule has 2 aromatic heterocycles. The summed E-state index contributed by atoms with van der Waals surface area (Å²) in [4.78, 5) is 4.28. The van der Waals surface area contributed by atoms with Gasteiger partial charge in [0, 0.05) is 19.6 Å². The lowest BCUT2D eigenvalue weighted by atomic mass is 10.4. The van der Waals surface area contributed by atoms with Gasteiger partial charge in [-0.05, 0) is 13.8 Å². The zero-order valence-corrected chi connectivity index (χ0v) is 12.0. The molecular formula is C10H18N6O2S. The molecule has 0 unspecified atom stereocenters. The van der Waals surface area contributed by atoms with Crippen LogP contribution in [0.15, 0.2) is 0 Å². The molecule has 19 heavy (non-hydrogen) atoms. The highest BCUT2D eigenvalue weighted by Crippen LogP contribution is 2.20. The van der Waals surface area contributed by atoms with Gasteiger partial charge in [0.15, 0.2) is 5.65 Å². The maximum Gasteiger partial charge on any atom is 0.208 e. The van der Waals surface area contributed by atoms with Gasteiger partial charge in [0.25, 0.3) is 0 Å². The molecule has 0 radical (unpaired) electrons. The Morgan fingerprint density at radius 2 is 2.11 bits per heavy atom. The van der Waals surface area contributed by atoms with Crippen LogP contribution in [0.1, 0.15) is 12.6 Å². The number of anilines is 1. The number of aryl methyl sites for hydroxylation is 2. The topological polar surface area (TPSA) is 108 Å². The van der Waals surface area contributed by atoms with Gasteiger partial charge in [0.1, 0.15) is 5.52 Å². The summed E-state index contributed by atoms with van der Waals surface area (Å²) in [5, 5.41) is 4.37. The maximum atomic E-state index is 11.1. The van der Waals surface area contributed by atoms with Gasteiger partial charge in [-0.1, -0.05) is 0 Å². The molecule has 0 atom stereocenters. The second-order valence-corrected chi connectivity index (χ2v) is 6.19. The van der Waals surface area contributed by atoms with Crippen LogP contribution in [0.3, 0.4) is 0 Å². The van der Waals surface area contributed by atoms with E-state index >= 15 is 0 Å². The van der Waals surface area contributed by atoms with Crippen molar-refractivity contribution >= 4 is 27.1 Å². The van der Waals surface area contributed by atoms with Crippen molar-refractivity contribution in [1.29, 1.82) is 0 Å². The first-order valence-electron chi connectivity index (χ1n) is 5.97. The van der Waals surface area contributed by atoms with Crippen LogP contribution in [0.2, 0.25) is 0 Å². The Kier molecular flexibility index (Phi) is 3.50. The summed E-state index contributed by atoms with van der Waals surface area (Å²) in [6.45, 7) is 5.24. The van der Waals surface area contributed by atoms with Crippen LogP contribution in [-0.4, -0.2) is 40.5 Å². The monoisotopic (exact) mass is 286 g/mol. The zero-order chi connectivity index (χ0) is 14.2. The first-order valence-corrected chi connectivity index (χ1v) is 7.86. The Morgan fingerprint density at radius 3 is 2.68 bits per heavy atom. The van der Waals surface area contributed by atoms with Crippen LogP contribution >= 0.6 is 0 Å². The fraction of sp³-hybridized carbons (Fsp3) is 0.600. The number of nitrogens with zero attached hydrogens (tertiary/aromatic N) is 4. The smallest absolute Gasteiger partial charge is 0.208 e. The Hall–Kier alpha value is -1.61. The van der Waals surface area contributed by atoms with E-state index in [-0.39, 0.29) is 6.54 Å². The first-order chi connectivity index (χ1) is 8.83. The van der Waals surface area contributed by atoms with Gasteiger partial charge in [-0.3, -0.25) is 4.57 Å². The molecule has 2 heterocycles. The molecule has 2 rings (SSSR count). The number of nitrogens with one attached hydrogen (secondary N) is 1. The number of aromatic nitrogens is 4. The third-order valence-electron chi connectivity index (χ3n) is 2.83.